The van der Waals surface area contributed by atoms with Crippen molar-refractivity contribution in [2.75, 3.05) is 32.8 Å². The molecule has 116 valence electrons. The maximum Gasteiger partial charge on any atom is 0.0702 e. The summed E-state index contributed by atoms with van der Waals surface area (Å²) in [6.07, 6.45) is 10.1. The summed E-state index contributed by atoms with van der Waals surface area (Å²) in [6, 6.07) is 0.854. The molecule has 0 aromatic carbocycles. The van der Waals surface area contributed by atoms with Crippen LogP contribution in [0.1, 0.15) is 51.9 Å². The van der Waals surface area contributed by atoms with Crippen LogP contribution in [0.4, 0.5) is 0 Å². The number of piperidine rings is 1. The van der Waals surface area contributed by atoms with Gasteiger partial charge in [-0.3, -0.25) is 4.90 Å². The quantitative estimate of drug-likeness (QED) is 0.703. The van der Waals surface area contributed by atoms with Gasteiger partial charge in [-0.15, -0.1) is 0 Å². The summed E-state index contributed by atoms with van der Waals surface area (Å²) in [5, 5.41) is 3.87. The average molecular weight is 280 g/mol. The highest BCUT2D eigenvalue weighted by atomic mass is 16.5. The minimum absolute atomic E-state index is 0.492. The van der Waals surface area contributed by atoms with E-state index in [0.29, 0.717) is 6.10 Å². The highest BCUT2D eigenvalue weighted by Crippen LogP contribution is 2.44. The van der Waals surface area contributed by atoms with Gasteiger partial charge in [0, 0.05) is 32.3 Å². The second-order valence-corrected chi connectivity index (χ2v) is 7.09. The third-order valence-corrected chi connectivity index (χ3v) is 5.09. The van der Waals surface area contributed by atoms with E-state index in [1.807, 2.05) is 0 Å². The Morgan fingerprint density at radius 2 is 1.90 bits per heavy atom. The van der Waals surface area contributed by atoms with E-state index in [4.69, 9.17) is 4.74 Å². The van der Waals surface area contributed by atoms with Gasteiger partial charge in [0.15, 0.2) is 0 Å². The van der Waals surface area contributed by atoms with E-state index in [-0.39, 0.29) is 0 Å². The Balaban J connectivity index is 1.32. The number of nitrogens with one attached hydrogen (secondary N) is 1. The molecule has 3 heteroatoms. The molecule has 1 N–H and O–H groups in total. The molecule has 3 rings (SSSR count). The Labute approximate surface area is 124 Å². The Morgan fingerprint density at radius 1 is 1.15 bits per heavy atom. The zero-order valence-electron chi connectivity index (χ0n) is 13.2. The van der Waals surface area contributed by atoms with Crippen LogP contribution in [0.5, 0.6) is 0 Å². The fraction of sp³-hybridized carbons (Fsp3) is 1.00. The first-order valence-electron chi connectivity index (χ1n) is 8.94. The number of ether oxygens (including phenoxy) is 1. The van der Waals surface area contributed by atoms with Gasteiger partial charge in [-0.25, -0.2) is 0 Å². The van der Waals surface area contributed by atoms with E-state index >= 15 is 0 Å². The zero-order chi connectivity index (χ0) is 13.8. The SMILES string of the molecule is CCCOC1CCCN(CCNC(C2CC2)C2CC2)C1. The van der Waals surface area contributed by atoms with Crippen molar-refractivity contribution in [3.05, 3.63) is 0 Å². The first-order valence-corrected chi connectivity index (χ1v) is 8.94. The lowest BCUT2D eigenvalue weighted by molar-refractivity contribution is 0.000144. The average Bonchev–Trinajstić information content (AvgIpc) is 3.35. The van der Waals surface area contributed by atoms with E-state index in [2.05, 4.69) is 17.1 Å². The van der Waals surface area contributed by atoms with E-state index in [9.17, 15) is 0 Å². The third-order valence-electron chi connectivity index (χ3n) is 5.09. The molecule has 1 heterocycles. The minimum atomic E-state index is 0.492. The summed E-state index contributed by atoms with van der Waals surface area (Å²) in [7, 11) is 0. The van der Waals surface area contributed by atoms with Crippen molar-refractivity contribution in [2.45, 2.75) is 64.0 Å². The second kappa shape index (κ2) is 7.24. The molecular weight excluding hydrogens is 248 g/mol. The summed E-state index contributed by atoms with van der Waals surface area (Å²) < 4.78 is 5.92. The Kier molecular flexibility index (Phi) is 5.36. The van der Waals surface area contributed by atoms with Crippen LogP contribution in [0.25, 0.3) is 0 Å². The molecule has 3 fully saturated rings. The number of nitrogens with zero attached hydrogens (tertiary/aromatic N) is 1. The van der Waals surface area contributed by atoms with Gasteiger partial charge in [0.05, 0.1) is 6.10 Å². The van der Waals surface area contributed by atoms with Crippen LogP contribution in [-0.4, -0.2) is 49.8 Å². The van der Waals surface area contributed by atoms with E-state index < -0.39 is 0 Å². The maximum atomic E-state index is 5.92. The third kappa shape index (κ3) is 4.44. The van der Waals surface area contributed by atoms with Gasteiger partial charge in [-0.2, -0.15) is 0 Å². The van der Waals surface area contributed by atoms with Crippen molar-refractivity contribution in [1.82, 2.24) is 10.2 Å². The molecule has 0 aromatic rings. The predicted molar refractivity (Wildman–Crippen MR) is 82.9 cm³/mol. The molecule has 0 radical (unpaired) electrons. The fourth-order valence-electron chi connectivity index (χ4n) is 3.66. The lowest BCUT2D eigenvalue weighted by Crippen LogP contribution is -2.44. The predicted octanol–water partition coefficient (Wildman–Crippen LogP) is 2.66. The summed E-state index contributed by atoms with van der Waals surface area (Å²) in [6.45, 7) is 7.94. The van der Waals surface area contributed by atoms with Crippen molar-refractivity contribution in [1.29, 1.82) is 0 Å². The molecule has 1 saturated heterocycles. The van der Waals surface area contributed by atoms with Crippen LogP contribution >= 0.6 is 0 Å². The molecule has 0 spiro atoms. The van der Waals surface area contributed by atoms with Crippen molar-refractivity contribution in [2.24, 2.45) is 11.8 Å². The lowest BCUT2D eigenvalue weighted by atomic mass is 10.1. The van der Waals surface area contributed by atoms with Crippen molar-refractivity contribution < 1.29 is 4.74 Å². The summed E-state index contributed by atoms with van der Waals surface area (Å²) in [4.78, 5) is 2.60. The monoisotopic (exact) mass is 280 g/mol. The minimum Gasteiger partial charge on any atom is -0.377 e. The molecule has 0 aromatic heterocycles. The van der Waals surface area contributed by atoms with Gasteiger partial charge < -0.3 is 10.1 Å². The number of likely N-dealkylation sites (tertiary alicyclic amines) is 1. The molecule has 0 bridgehead atoms. The van der Waals surface area contributed by atoms with E-state index in [1.54, 1.807) is 0 Å². The lowest BCUT2D eigenvalue weighted by Gasteiger charge is -2.33. The number of hydrogen-bond acceptors (Lipinski definition) is 3. The summed E-state index contributed by atoms with van der Waals surface area (Å²) >= 11 is 0. The first-order chi connectivity index (χ1) is 9.86. The molecule has 1 atom stereocenters. The molecule has 1 aliphatic heterocycles. The van der Waals surface area contributed by atoms with Crippen LogP contribution < -0.4 is 5.32 Å². The fourth-order valence-corrected chi connectivity index (χ4v) is 3.66. The molecule has 3 aliphatic rings. The van der Waals surface area contributed by atoms with E-state index in [1.165, 1.54) is 58.2 Å². The van der Waals surface area contributed by atoms with Crippen molar-refractivity contribution >= 4 is 0 Å². The van der Waals surface area contributed by atoms with Gasteiger partial charge in [0.2, 0.25) is 0 Å². The van der Waals surface area contributed by atoms with Gasteiger partial charge in [-0.1, -0.05) is 6.92 Å². The smallest absolute Gasteiger partial charge is 0.0702 e. The highest BCUT2D eigenvalue weighted by molar-refractivity contribution is 4.96. The molecule has 2 aliphatic carbocycles. The molecule has 20 heavy (non-hydrogen) atoms. The Morgan fingerprint density at radius 3 is 2.55 bits per heavy atom. The van der Waals surface area contributed by atoms with Gasteiger partial charge in [-0.05, 0) is 63.3 Å². The Bertz CT molecular complexity index is 277. The normalized spacial score (nSPS) is 28.2. The van der Waals surface area contributed by atoms with Crippen molar-refractivity contribution in [3.8, 4) is 0 Å². The van der Waals surface area contributed by atoms with Crippen LogP contribution in [0.15, 0.2) is 0 Å². The zero-order valence-corrected chi connectivity index (χ0v) is 13.2. The number of hydrogen-bond donors (Lipinski definition) is 1. The van der Waals surface area contributed by atoms with Crippen LogP contribution in [0.3, 0.4) is 0 Å². The highest BCUT2D eigenvalue weighted by Gasteiger charge is 2.40. The molecule has 0 amide bonds. The Hall–Kier alpha value is -0.120. The summed E-state index contributed by atoms with van der Waals surface area (Å²) in [5.74, 6) is 2.04. The molecular formula is C17H32N2O. The number of rotatable bonds is 9. The maximum absolute atomic E-state index is 5.92. The van der Waals surface area contributed by atoms with Gasteiger partial charge in [0.25, 0.3) is 0 Å². The summed E-state index contributed by atoms with van der Waals surface area (Å²) in [5.41, 5.74) is 0. The largest absolute Gasteiger partial charge is 0.377 e. The van der Waals surface area contributed by atoms with Gasteiger partial charge in [0.1, 0.15) is 0 Å². The van der Waals surface area contributed by atoms with Crippen LogP contribution in [0.2, 0.25) is 0 Å². The standard InChI is InChI=1S/C17H32N2O/c1-2-12-20-16-4-3-10-19(13-16)11-9-18-17(14-5-6-14)15-7-8-15/h14-18H,2-13H2,1H3. The van der Waals surface area contributed by atoms with Crippen LogP contribution in [-0.2, 0) is 4.74 Å². The van der Waals surface area contributed by atoms with Crippen LogP contribution in [0, 0.1) is 11.8 Å². The molecule has 2 saturated carbocycles. The first kappa shape index (κ1) is 14.8. The van der Waals surface area contributed by atoms with Crippen molar-refractivity contribution in [3.63, 3.8) is 0 Å². The molecule has 3 nitrogen and oxygen atoms in total. The second-order valence-electron chi connectivity index (χ2n) is 7.09. The van der Waals surface area contributed by atoms with Gasteiger partial charge >= 0.3 is 0 Å². The van der Waals surface area contributed by atoms with E-state index in [0.717, 1.165) is 37.5 Å². The molecule has 1 unspecified atom stereocenters. The topological polar surface area (TPSA) is 24.5 Å².